The summed E-state index contributed by atoms with van der Waals surface area (Å²) < 4.78 is 9.97. The molecule has 0 atom stereocenters. The van der Waals surface area contributed by atoms with Crippen molar-refractivity contribution >= 4 is 17.7 Å². The van der Waals surface area contributed by atoms with E-state index >= 15 is 0 Å². The van der Waals surface area contributed by atoms with E-state index in [-0.39, 0.29) is 11.3 Å². The van der Waals surface area contributed by atoms with Gasteiger partial charge >= 0.3 is 5.97 Å². The van der Waals surface area contributed by atoms with Gasteiger partial charge in [0.2, 0.25) is 0 Å². The highest BCUT2D eigenvalue weighted by atomic mass is 32.2. The van der Waals surface area contributed by atoms with Crippen LogP contribution in [0, 0.1) is 11.3 Å². The Labute approximate surface area is 152 Å². The molecule has 0 aliphatic rings. The summed E-state index contributed by atoms with van der Waals surface area (Å²) in [6.45, 7) is 0. The fourth-order valence-electron chi connectivity index (χ4n) is 2.27. The Kier molecular flexibility index (Phi) is 5.20. The normalized spacial score (nSPS) is 10.3. The minimum atomic E-state index is -0.528. The van der Waals surface area contributed by atoms with Crippen LogP contribution in [0.4, 0.5) is 0 Å². The van der Waals surface area contributed by atoms with Crippen LogP contribution in [0.3, 0.4) is 0 Å². The van der Waals surface area contributed by atoms with Gasteiger partial charge in [0.05, 0.1) is 18.9 Å². The summed E-state index contributed by atoms with van der Waals surface area (Å²) in [6, 6.07) is 12.1. The number of nitrogens with one attached hydrogen (secondary N) is 1. The smallest absolute Gasteiger partial charge is 0.337 e. The van der Waals surface area contributed by atoms with Gasteiger partial charge in [-0.05, 0) is 29.8 Å². The lowest BCUT2D eigenvalue weighted by Gasteiger charge is -2.06. The van der Waals surface area contributed by atoms with E-state index in [4.69, 9.17) is 9.15 Å². The van der Waals surface area contributed by atoms with Crippen LogP contribution >= 0.6 is 11.8 Å². The number of rotatable bonds is 5. The van der Waals surface area contributed by atoms with Crippen LogP contribution in [0.2, 0.25) is 0 Å². The summed E-state index contributed by atoms with van der Waals surface area (Å²) >= 11 is 1.28. The molecule has 0 unspecified atom stereocenters. The van der Waals surface area contributed by atoms with Crippen LogP contribution in [0.25, 0.3) is 11.5 Å². The maximum Gasteiger partial charge on any atom is 0.337 e. The molecule has 2 heterocycles. The average Bonchev–Trinajstić information content (AvgIpc) is 3.20. The summed E-state index contributed by atoms with van der Waals surface area (Å²) in [4.78, 5) is 30.7. The first kappa shape index (κ1) is 17.5. The van der Waals surface area contributed by atoms with Crippen LogP contribution in [-0.4, -0.2) is 23.0 Å². The van der Waals surface area contributed by atoms with Crippen molar-refractivity contribution in [2.45, 2.75) is 10.9 Å². The van der Waals surface area contributed by atoms with E-state index in [9.17, 15) is 14.9 Å². The zero-order valence-corrected chi connectivity index (χ0v) is 14.5. The molecule has 3 rings (SSSR count). The Bertz CT molecular complexity index is 1040. The molecule has 2 aromatic heterocycles. The number of esters is 1. The van der Waals surface area contributed by atoms with Gasteiger partial charge in [0.15, 0.2) is 10.9 Å². The second kappa shape index (κ2) is 7.72. The summed E-state index contributed by atoms with van der Waals surface area (Å²) in [5.74, 6) is 0.404. The van der Waals surface area contributed by atoms with Crippen LogP contribution in [-0.2, 0) is 10.5 Å². The number of aromatic nitrogens is 2. The molecule has 0 radical (unpaired) electrons. The maximum absolute atomic E-state index is 12.1. The molecule has 0 saturated heterocycles. The highest BCUT2D eigenvalue weighted by Crippen LogP contribution is 2.24. The molecule has 0 aliphatic heterocycles. The summed E-state index contributed by atoms with van der Waals surface area (Å²) in [7, 11) is 1.32. The number of nitrogens with zero attached hydrogens (tertiary/aromatic N) is 2. The van der Waals surface area contributed by atoms with E-state index < -0.39 is 11.5 Å². The average molecular weight is 367 g/mol. The molecule has 0 amide bonds. The molecule has 0 saturated carbocycles. The van der Waals surface area contributed by atoms with Crippen molar-refractivity contribution < 1.29 is 13.9 Å². The molecule has 0 fully saturated rings. The molecule has 0 aliphatic carbocycles. The van der Waals surface area contributed by atoms with Gasteiger partial charge in [-0.2, -0.15) is 5.26 Å². The monoisotopic (exact) mass is 367 g/mol. The third-order valence-electron chi connectivity index (χ3n) is 3.49. The number of aromatic amines is 1. The second-order valence-electron chi connectivity index (χ2n) is 5.16. The highest BCUT2D eigenvalue weighted by Gasteiger charge is 2.16. The van der Waals surface area contributed by atoms with Crippen LogP contribution < -0.4 is 5.56 Å². The van der Waals surface area contributed by atoms with Gasteiger partial charge in [-0.1, -0.05) is 23.9 Å². The van der Waals surface area contributed by atoms with Crippen LogP contribution in [0.1, 0.15) is 21.5 Å². The molecule has 1 aromatic carbocycles. The second-order valence-corrected chi connectivity index (χ2v) is 6.13. The molecule has 1 N–H and O–H groups in total. The fraction of sp³-hybridized carbons (Fsp3) is 0.111. The van der Waals surface area contributed by atoms with Crippen molar-refractivity contribution in [2.75, 3.05) is 7.11 Å². The first-order chi connectivity index (χ1) is 12.6. The summed E-state index contributed by atoms with van der Waals surface area (Å²) in [5.41, 5.74) is 0.886. The topological polar surface area (TPSA) is 109 Å². The zero-order chi connectivity index (χ0) is 18.5. The van der Waals surface area contributed by atoms with E-state index in [0.29, 0.717) is 22.2 Å². The Balaban J connectivity index is 1.86. The van der Waals surface area contributed by atoms with Gasteiger partial charge in [0, 0.05) is 5.75 Å². The van der Waals surface area contributed by atoms with Crippen molar-refractivity contribution in [3.63, 3.8) is 0 Å². The quantitative estimate of drug-likeness (QED) is 0.419. The van der Waals surface area contributed by atoms with Gasteiger partial charge in [-0.3, -0.25) is 4.79 Å². The lowest BCUT2D eigenvalue weighted by atomic mass is 10.1. The molecule has 0 bridgehead atoms. The molecular weight excluding hydrogens is 354 g/mol. The fourth-order valence-corrected chi connectivity index (χ4v) is 3.08. The third-order valence-corrected chi connectivity index (χ3v) is 4.43. The van der Waals surface area contributed by atoms with E-state index in [1.165, 1.54) is 25.1 Å². The van der Waals surface area contributed by atoms with E-state index in [1.807, 2.05) is 12.1 Å². The number of carbonyl (C=O) groups excluding carboxylic acids is 1. The third kappa shape index (κ3) is 3.68. The van der Waals surface area contributed by atoms with Crippen molar-refractivity contribution in [2.24, 2.45) is 0 Å². The number of nitriles is 1. The summed E-state index contributed by atoms with van der Waals surface area (Å²) in [6.07, 6.45) is 1.45. The Morgan fingerprint density at radius 3 is 2.92 bits per heavy atom. The van der Waals surface area contributed by atoms with Gasteiger partial charge < -0.3 is 14.1 Å². The summed E-state index contributed by atoms with van der Waals surface area (Å²) in [5, 5.41) is 9.55. The number of furan rings is 1. The van der Waals surface area contributed by atoms with Gasteiger partial charge in [0.1, 0.15) is 17.3 Å². The highest BCUT2D eigenvalue weighted by molar-refractivity contribution is 7.98. The van der Waals surface area contributed by atoms with E-state index in [1.54, 1.807) is 30.3 Å². The molecule has 26 heavy (non-hydrogen) atoms. The maximum atomic E-state index is 12.1. The minimum absolute atomic E-state index is 0.100. The lowest BCUT2D eigenvalue weighted by molar-refractivity contribution is 0.0600. The first-order valence-electron chi connectivity index (χ1n) is 7.50. The van der Waals surface area contributed by atoms with Crippen LogP contribution in [0.5, 0.6) is 0 Å². The molecular formula is C18H13N3O4S. The Hall–Kier alpha value is -3.31. The number of ether oxygens (including phenoxy) is 1. The molecule has 8 heteroatoms. The van der Waals surface area contributed by atoms with E-state index in [0.717, 1.165) is 5.56 Å². The van der Waals surface area contributed by atoms with E-state index in [2.05, 4.69) is 9.97 Å². The van der Waals surface area contributed by atoms with Crippen molar-refractivity contribution in [3.8, 4) is 17.5 Å². The first-order valence-corrected chi connectivity index (χ1v) is 8.49. The predicted octanol–water partition coefficient (Wildman–Crippen LogP) is 2.98. The molecule has 130 valence electrons. The largest absolute Gasteiger partial charge is 0.465 e. The van der Waals surface area contributed by atoms with Gasteiger partial charge in [-0.25, -0.2) is 9.78 Å². The Morgan fingerprint density at radius 2 is 2.23 bits per heavy atom. The number of methoxy groups -OCH3 is 1. The van der Waals surface area contributed by atoms with Crippen molar-refractivity contribution in [1.82, 2.24) is 9.97 Å². The Morgan fingerprint density at radius 1 is 1.38 bits per heavy atom. The van der Waals surface area contributed by atoms with Gasteiger partial charge in [-0.15, -0.1) is 0 Å². The molecule has 3 aromatic rings. The molecule has 0 spiro atoms. The van der Waals surface area contributed by atoms with Crippen molar-refractivity contribution in [1.29, 1.82) is 5.26 Å². The van der Waals surface area contributed by atoms with Crippen LogP contribution in [0.15, 0.2) is 57.0 Å². The molecule has 7 nitrogen and oxygen atoms in total. The standard InChI is InChI=1S/C18H13N3O4S/c1-24-17(23)12-5-2-4-11(8-12)10-26-18-20-15(14-6-3-7-25-14)13(9-19)16(22)21-18/h2-8H,10H2,1H3,(H,20,21,22). The van der Waals surface area contributed by atoms with Crippen molar-refractivity contribution in [3.05, 3.63) is 69.7 Å². The SMILES string of the molecule is COC(=O)c1cccc(CSc2nc(-c3ccco3)c(C#N)c(=O)[nH]2)c1. The lowest BCUT2D eigenvalue weighted by Crippen LogP contribution is -2.14. The zero-order valence-electron chi connectivity index (χ0n) is 13.7. The number of H-pyrrole nitrogens is 1. The minimum Gasteiger partial charge on any atom is -0.465 e. The van der Waals surface area contributed by atoms with Gasteiger partial charge in [0.25, 0.3) is 5.56 Å². The number of thioether (sulfide) groups is 1. The number of carbonyl (C=O) groups is 1. The predicted molar refractivity (Wildman–Crippen MR) is 94.6 cm³/mol. The number of benzene rings is 1. The number of hydrogen-bond donors (Lipinski definition) is 1. The number of hydrogen-bond acceptors (Lipinski definition) is 7.